The molecule has 2 aromatic carbocycles. The Hall–Kier alpha value is -2.66. The second-order valence-corrected chi connectivity index (χ2v) is 9.00. The van der Waals surface area contributed by atoms with Gasteiger partial charge in [0.15, 0.2) is 10.9 Å². The first-order valence-electron chi connectivity index (χ1n) is 9.97. The van der Waals surface area contributed by atoms with Crippen molar-refractivity contribution in [1.82, 2.24) is 5.43 Å². The second kappa shape index (κ2) is 7.30. The summed E-state index contributed by atoms with van der Waals surface area (Å²) in [6, 6.07) is 14.6. The maximum Gasteiger partial charge on any atom is 0.184 e. The van der Waals surface area contributed by atoms with Crippen molar-refractivity contribution in [2.24, 2.45) is 16.8 Å². The Labute approximate surface area is 177 Å². The number of para-hydroxylation sites is 1. The van der Waals surface area contributed by atoms with Crippen LogP contribution in [-0.4, -0.2) is 10.8 Å². The van der Waals surface area contributed by atoms with Gasteiger partial charge in [-0.15, -0.1) is 0 Å². The summed E-state index contributed by atoms with van der Waals surface area (Å²) in [7, 11) is 0. The molecule has 29 heavy (non-hydrogen) atoms. The zero-order valence-electron chi connectivity index (χ0n) is 17.4. The van der Waals surface area contributed by atoms with Gasteiger partial charge >= 0.3 is 0 Å². The molecule has 150 valence electrons. The average molecular weight is 406 g/mol. The largest absolute Gasteiger partial charge is 0.455 e. The molecule has 0 amide bonds. The zero-order chi connectivity index (χ0) is 20.8. The Balaban J connectivity index is 1.66. The van der Waals surface area contributed by atoms with Crippen LogP contribution in [0.1, 0.15) is 47.8 Å². The van der Waals surface area contributed by atoms with E-state index in [1.54, 1.807) is 0 Å². The summed E-state index contributed by atoms with van der Waals surface area (Å²) in [6.45, 7) is 8.95. The van der Waals surface area contributed by atoms with Gasteiger partial charge in [0.2, 0.25) is 0 Å². The Kier molecular flexibility index (Phi) is 4.95. The van der Waals surface area contributed by atoms with Crippen LogP contribution in [0.2, 0.25) is 0 Å². The van der Waals surface area contributed by atoms with E-state index in [9.17, 15) is 0 Å². The van der Waals surface area contributed by atoms with Gasteiger partial charge in [-0.3, -0.25) is 5.43 Å². The normalized spacial score (nSPS) is 21.8. The van der Waals surface area contributed by atoms with Crippen LogP contribution in [-0.2, 0) is 5.41 Å². The molecule has 1 aliphatic rings. The number of thiocarbonyl (C=S) groups is 1. The minimum atomic E-state index is 0.128. The number of nitrogens with zero attached hydrogens (tertiary/aromatic N) is 1. The van der Waals surface area contributed by atoms with Crippen LogP contribution in [0.15, 0.2) is 52.0 Å². The number of hydrogen-bond donors (Lipinski definition) is 2. The number of hydrazone groups is 1. The molecule has 4 rings (SSSR count). The van der Waals surface area contributed by atoms with Gasteiger partial charge < -0.3 is 10.2 Å². The van der Waals surface area contributed by atoms with Crippen LogP contribution < -0.4 is 11.2 Å². The first-order valence-corrected chi connectivity index (χ1v) is 10.4. The first kappa shape index (κ1) is 19.6. The van der Waals surface area contributed by atoms with Crippen molar-refractivity contribution in [2.45, 2.75) is 46.0 Å². The Bertz CT molecular complexity index is 1070. The molecule has 0 spiro atoms. The van der Waals surface area contributed by atoms with E-state index in [0.717, 1.165) is 35.3 Å². The molecule has 1 heterocycles. The number of benzene rings is 2. The van der Waals surface area contributed by atoms with Gasteiger partial charge in [0.25, 0.3) is 0 Å². The molecule has 1 fully saturated rings. The molecule has 3 N–H and O–H groups in total. The van der Waals surface area contributed by atoms with Gasteiger partial charge in [-0.05, 0) is 80.1 Å². The van der Waals surface area contributed by atoms with E-state index in [1.807, 2.05) is 30.3 Å². The maximum atomic E-state index is 6.10. The van der Waals surface area contributed by atoms with Crippen LogP contribution in [0.5, 0.6) is 0 Å². The molecule has 0 atom stereocenters. The number of nitrogens with one attached hydrogen (secondary N) is 1. The van der Waals surface area contributed by atoms with E-state index in [-0.39, 0.29) is 16.4 Å². The summed E-state index contributed by atoms with van der Waals surface area (Å²) in [5.41, 5.74) is 15.8. The molecule has 5 heteroatoms. The summed E-state index contributed by atoms with van der Waals surface area (Å²) in [4.78, 5) is 0. The van der Waals surface area contributed by atoms with E-state index in [0.29, 0.717) is 0 Å². The van der Waals surface area contributed by atoms with Crippen molar-refractivity contribution in [3.63, 3.8) is 0 Å². The van der Waals surface area contributed by atoms with Crippen LogP contribution in [0.3, 0.4) is 0 Å². The van der Waals surface area contributed by atoms with E-state index >= 15 is 0 Å². The summed E-state index contributed by atoms with van der Waals surface area (Å²) in [5.74, 6) is 1.06. The smallest absolute Gasteiger partial charge is 0.184 e. The first-order chi connectivity index (χ1) is 13.8. The Morgan fingerprint density at radius 1 is 1.14 bits per heavy atom. The van der Waals surface area contributed by atoms with Gasteiger partial charge in [0.1, 0.15) is 11.3 Å². The minimum absolute atomic E-state index is 0.128. The molecule has 0 unspecified atom stereocenters. The third kappa shape index (κ3) is 3.67. The number of fused-ring (bicyclic) bond motifs is 1. The highest BCUT2D eigenvalue weighted by Gasteiger charge is 2.46. The third-order valence-electron chi connectivity index (χ3n) is 6.03. The quantitative estimate of drug-likeness (QED) is 0.353. The lowest BCUT2D eigenvalue weighted by Gasteiger charge is -2.47. The Morgan fingerprint density at radius 2 is 1.79 bits per heavy atom. The highest BCUT2D eigenvalue weighted by molar-refractivity contribution is 7.80. The molecular weight excluding hydrogens is 378 g/mol. The van der Waals surface area contributed by atoms with Crippen LogP contribution in [0, 0.1) is 26.7 Å². The molecule has 0 radical (unpaired) electrons. The zero-order valence-corrected chi connectivity index (χ0v) is 18.2. The molecular formula is C24H27N3OS. The number of aryl methyl sites for hydroxylation is 3. The average Bonchev–Trinajstić information content (AvgIpc) is 3.03. The predicted molar refractivity (Wildman–Crippen MR) is 123 cm³/mol. The molecule has 1 aliphatic carbocycles. The standard InChI is InChI=1S/C24H27N3OS/c1-14-9-15(2)21(16(3)10-14)24(4)12-18(13-24)22(26-27-23(25)29)20-11-17-7-5-6-8-19(17)28-20/h5-11,18H,12-13H2,1-4H3,(H3,25,27,29). The molecule has 1 saturated carbocycles. The number of rotatable bonds is 4. The van der Waals surface area contributed by atoms with Crippen LogP contribution in [0.4, 0.5) is 0 Å². The summed E-state index contributed by atoms with van der Waals surface area (Å²) in [6.07, 6.45) is 2.01. The summed E-state index contributed by atoms with van der Waals surface area (Å²) in [5, 5.41) is 5.76. The van der Waals surface area contributed by atoms with E-state index < -0.39 is 0 Å². The van der Waals surface area contributed by atoms with Crippen molar-refractivity contribution >= 4 is 34.0 Å². The molecule has 0 aliphatic heterocycles. The van der Waals surface area contributed by atoms with Gasteiger partial charge in [-0.1, -0.05) is 42.8 Å². The molecule has 1 aromatic heterocycles. The van der Waals surface area contributed by atoms with Gasteiger partial charge in [-0.25, -0.2) is 0 Å². The second-order valence-electron chi connectivity index (χ2n) is 8.56. The summed E-state index contributed by atoms with van der Waals surface area (Å²) < 4.78 is 6.10. The van der Waals surface area contributed by atoms with E-state index in [2.05, 4.69) is 50.4 Å². The van der Waals surface area contributed by atoms with Crippen molar-refractivity contribution in [3.05, 3.63) is 70.5 Å². The Morgan fingerprint density at radius 3 is 2.41 bits per heavy atom. The van der Waals surface area contributed by atoms with Crippen LogP contribution in [0.25, 0.3) is 11.0 Å². The number of furan rings is 1. The summed E-state index contributed by atoms with van der Waals surface area (Å²) >= 11 is 4.97. The fourth-order valence-corrected chi connectivity index (χ4v) is 5.17. The molecule has 0 saturated heterocycles. The van der Waals surface area contributed by atoms with Crippen molar-refractivity contribution in [3.8, 4) is 0 Å². The highest BCUT2D eigenvalue weighted by Crippen LogP contribution is 2.51. The predicted octanol–water partition coefficient (Wildman–Crippen LogP) is 5.26. The van der Waals surface area contributed by atoms with E-state index in [1.165, 1.54) is 22.3 Å². The van der Waals surface area contributed by atoms with E-state index in [4.69, 9.17) is 22.4 Å². The fraction of sp³-hybridized carbons (Fsp3) is 0.333. The van der Waals surface area contributed by atoms with Crippen molar-refractivity contribution < 1.29 is 4.42 Å². The van der Waals surface area contributed by atoms with Crippen molar-refractivity contribution in [1.29, 1.82) is 0 Å². The fourth-order valence-electron chi connectivity index (χ4n) is 5.13. The van der Waals surface area contributed by atoms with Gasteiger partial charge in [0.05, 0.1) is 0 Å². The topological polar surface area (TPSA) is 63.5 Å². The minimum Gasteiger partial charge on any atom is -0.455 e. The third-order valence-corrected chi connectivity index (χ3v) is 6.12. The molecule has 0 bridgehead atoms. The molecule has 3 aromatic rings. The number of nitrogens with two attached hydrogens (primary N) is 1. The van der Waals surface area contributed by atoms with Crippen LogP contribution >= 0.6 is 12.2 Å². The lowest BCUT2D eigenvalue weighted by atomic mass is 9.57. The number of hydrogen-bond acceptors (Lipinski definition) is 3. The SMILES string of the molecule is Cc1cc(C)c(C2(C)CC(C(=NNC(N)=S)c3cc4ccccc4o3)C2)c(C)c1. The molecule has 4 nitrogen and oxygen atoms in total. The monoisotopic (exact) mass is 405 g/mol. The lowest BCUT2D eigenvalue weighted by molar-refractivity contribution is 0.214. The van der Waals surface area contributed by atoms with Crippen molar-refractivity contribution in [2.75, 3.05) is 0 Å². The highest BCUT2D eigenvalue weighted by atomic mass is 32.1. The van der Waals surface area contributed by atoms with Gasteiger partial charge in [0, 0.05) is 11.3 Å². The maximum absolute atomic E-state index is 6.10. The lowest BCUT2D eigenvalue weighted by Crippen LogP contribution is -2.44. The van der Waals surface area contributed by atoms with Gasteiger partial charge in [-0.2, -0.15) is 5.10 Å².